The molecule has 0 bridgehead atoms. The van der Waals surface area contributed by atoms with Gasteiger partial charge in [0.15, 0.2) is 0 Å². The highest BCUT2D eigenvalue weighted by atomic mass is 35.5. The third-order valence-electron chi connectivity index (χ3n) is 3.23. The van der Waals surface area contributed by atoms with E-state index in [2.05, 4.69) is 20.3 Å². The van der Waals surface area contributed by atoms with Gasteiger partial charge in [-0.05, 0) is 18.2 Å². The molecule has 2 heterocycles. The van der Waals surface area contributed by atoms with E-state index in [1.54, 1.807) is 31.3 Å². The van der Waals surface area contributed by atoms with Crippen LogP contribution in [0.4, 0.5) is 5.82 Å². The summed E-state index contributed by atoms with van der Waals surface area (Å²) in [6.45, 7) is 1.25. The first-order chi connectivity index (χ1) is 10.8. The molecular weight excluding hydrogens is 353 g/mol. The lowest BCUT2D eigenvalue weighted by Gasteiger charge is -2.11. The standard InChI is InChI=1S/C15H17N5O2.2ClH/c1-21-8-6-17-14-12-9-11(22-2)3-4-13(12)18-15(19-14)20-7-5-16-10-20;;/h3-5,7,9-10H,6,8H2,1-2H3,(H,17,18,19);2*1H. The summed E-state index contributed by atoms with van der Waals surface area (Å²) in [5.74, 6) is 2.07. The number of hydrogen-bond acceptors (Lipinski definition) is 6. The van der Waals surface area contributed by atoms with Gasteiger partial charge < -0.3 is 14.8 Å². The van der Waals surface area contributed by atoms with Crippen LogP contribution in [0, 0.1) is 0 Å². The second-order valence-electron chi connectivity index (χ2n) is 4.64. The smallest absolute Gasteiger partial charge is 0.237 e. The van der Waals surface area contributed by atoms with E-state index >= 15 is 0 Å². The normalized spacial score (nSPS) is 9.92. The van der Waals surface area contributed by atoms with Gasteiger partial charge in [-0.2, -0.15) is 4.98 Å². The average molecular weight is 372 g/mol. The Bertz CT molecular complexity index is 768. The van der Waals surface area contributed by atoms with Gasteiger partial charge in [-0.25, -0.2) is 9.97 Å². The van der Waals surface area contributed by atoms with Crippen LogP contribution in [0.3, 0.4) is 0 Å². The van der Waals surface area contributed by atoms with E-state index in [0.717, 1.165) is 22.5 Å². The van der Waals surface area contributed by atoms with Gasteiger partial charge in [0.2, 0.25) is 5.95 Å². The molecule has 0 spiro atoms. The van der Waals surface area contributed by atoms with Gasteiger partial charge in [-0.3, -0.25) is 4.57 Å². The van der Waals surface area contributed by atoms with E-state index in [-0.39, 0.29) is 24.8 Å². The Morgan fingerprint density at radius 3 is 2.67 bits per heavy atom. The van der Waals surface area contributed by atoms with E-state index in [4.69, 9.17) is 9.47 Å². The molecule has 3 aromatic rings. The molecule has 1 aromatic carbocycles. The summed E-state index contributed by atoms with van der Waals surface area (Å²) in [4.78, 5) is 13.2. The van der Waals surface area contributed by atoms with Gasteiger partial charge in [-0.15, -0.1) is 24.8 Å². The number of fused-ring (bicyclic) bond motifs is 1. The van der Waals surface area contributed by atoms with Gasteiger partial charge >= 0.3 is 0 Å². The summed E-state index contributed by atoms with van der Waals surface area (Å²) in [6.07, 6.45) is 5.17. The average Bonchev–Trinajstić information content (AvgIpc) is 3.09. The van der Waals surface area contributed by atoms with Gasteiger partial charge in [0, 0.05) is 31.4 Å². The lowest BCUT2D eigenvalue weighted by molar-refractivity contribution is 0.210. The van der Waals surface area contributed by atoms with E-state index in [1.807, 2.05) is 24.4 Å². The topological polar surface area (TPSA) is 74.1 Å². The molecule has 9 heteroatoms. The molecular formula is C15H19Cl2N5O2. The lowest BCUT2D eigenvalue weighted by Crippen LogP contribution is -2.11. The Kier molecular flexibility index (Phi) is 7.70. The first-order valence-electron chi connectivity index (χ1n) is 6.89. The molecule has 0 atom stereocenters. The van der Waals surface area contributed by atoms with Crippen molar-refractivity contribution >= 4 is 41.5 Å². The van der Waals surface area contributed by atoms with Crippen molar-refractivity contribution in [2.75, 3.05) is 32.7 Å². The first kappa shape index (κ1) is 20.0. The zero-order valence-electron chi connectivity index (χ0n) is 13.3. The molecule has 2 aromatic heterocycles. The quantitative estimate of drug-likeness (QED) is 0.671. The Morgan fingerprint density at radius 1 is 1.17 bits per heavy atom. The lowest BCUT2D eigenvalue weighted by atomic mass is 10.2. The number of ether oxygens (including phenoxy) is 2. The van der Waals surface area contributed by atoms with Crippen LogP contribution in [-0.4, -0.2) is 46.9 Å². The number of nitrogens with zero attached hydrogens (tertiary/aromatic N) is 4. The van der Waals surface area contributed by atoms with E-state index in [0.29, 0.717) is 19.1 Å². The minimum Gasteiger partial charge on any atom is -0.497 e. The Hall–Kier alpha value is -2.09. The van der Waals surface area contributed by atoms with Gasteiger partial charge in [-0.1, -0.05) is 0 Å². The molecule has 0 aliphatic carbocycles. The molecule has 0 aliphatic rings. The fourth-order valence-corrected chi connectivity index (χ4v) is 2.12. The molecule has 0 radical (unpaired) electrons. The molecule has 24 heavy (non-hydrogen) atoms. The Balaban J connectivity index is 0.00000144. The van der Waals surface area contributed by atoms with Crippen molar-refractivity contribution in [1.82, 2.24) is 19.5 Å². The third kappa shape index (κ3) is 4.25. The van der Waals surface area contributed by atoms with Crippen LogP contribution in [0.2, 0.25) is 0 Å². The van der Waals surface area contributed by atoms with Crippen molar-refractivity contribution in [3.8, 4) is 11.7 Å². The van der Waals surface area contributed by atoms with Crippen molar-refractivity contribution in [3.63, 3.8) is 0 Å². The summed E-state index contributed by atoms with van der Waals surface area (Å²) >= 11 is 0. The molecule has 0 aliphatic heterocycles. The summed E-state index contributed by atoms with van der Waals surface area (Å²) in [5, 5.41) is 4.18. The molecule has 1 N–H and O–H groups in total. The van der Waals surface area contributed by atoms with Crippen LogP contribution < -0.4 is 10.1 Å². The fourth-order valence-electron chi connectivity index (χ4n) is 2.12. The number of imidazole rings is 1. The maximum atomic E-state index is 5.28. The van der Waals surface area contributed by atoms with Gasteiger partial charge in [0.25, 0.3) is 0 Å². The maximum absolute atomic E-state index is 5.28. The minimum atomic E-state index is 0. The van der Waals surface area contributed by atoms with Crippen molar-refractivity contribution in [2.45, 2.75) is 0 Å². The van der Waals surface area contributed by atoms with Crippen LogP contribution in [0.25, 0.3) is 16.9 Å². The highest BCUT2D eigenvalue weighted by Crippen LogP contribution is 2.25. The minimum absolute atomic E-state index is 0. The Labute approximate surface area is 152 Å². The predicted molar refractivity (Wildman–Crippen MR) is 98.1 cm³/mol. The summed E-state index contributed by atoms with van der Waals surface area (Å²) < 4.78 is 12.1. The zero-order valence-corrected chi connectivity index (χ0v) is 14.9. The summed E-state index contributed by atoms with van der Waals surface area (Å²) in [5.41, 5.74) is 0.833. The fraction of sp³-hybridized carbons (Fsp3) is 0.267. The molecule has 7 nitrogen and oxygen atoms in total. The van der Waals surface area contributed by atoms with Crippen molar-refractivity contribution in [2.24, 2.45) is 0 Å². The number of benzene rings is 1. The van der Waals surface area contributed by atoms with Crippen molar-refractivity contribution in [3.05, 3.63) is 36.9 Å². The second kappa shape index (κ2) is 9.27. The third-order valence-corrected chi connectivity index (χ3v) is 3.23. The number of aromatic nitrogens is 4. The molecule has 0 amide bonds. The van der Waals surface area contributed by atoms with E-state index in [1.165, 1.54) is 0 Å². The second-order valence-corrected chi connectivity index (χ2v) is 4.64. The van der Waals surface area contributed by atoms with E-state index in [9.17, 15) is 0 Å². The number of rotatable bonds is 6. The predicted octanol–water partition coefficient (Wildman–Crippen LogP) is 2.73. The Morgan fingerprint density at radius 2 is 2.00 bits per heavy atom. The van der Waals surface area contributed by atoms with Gasteiger partial charge in [0.05, 0.1) is 19.2 Å². The van der Waals surface area contributed by atoms with Crippen molar-refractivity contribution < 1.29 is 9.47 Å². The number of methoxy groups -OCH3 is 2. The molecule has 0 saturated carbocycles. The first-order valence-corrected chi connectivity index (χ1v) is 6.89. The maximum Gasteiger partial charge on any atom is 0.237 e. The monoisotopic (exact) mass is 371 g/mol. The van der Waals surface area contributed by atoms with Crippen LogP contribution in [0.15, 0.2) is 36.9 Å². The van der Waals surface area contributed by atoms with Crippen LogP contribution in [0.5, 0.6) is 5.75 Å². The number of hydrogen-bond donors (Lipinski definition) is 1. The molecule has 3 rings (SSSR count). The highest BCUT2D eigenvalue weighted by molar-refractivity contribution is 5.90. The number of halogens is 2. The van der Waals surface area contributed by atoms with E-state index < -0.39 is 0 Å². The summed E-state index contributed by atoms with van der Waals surface area (Å²) in [7, 11) is 3.31. The number of nitrogens with one attached hydrogen (secondary N) is 1. The highest BCUT2D eigenvalue weighted by Gasteiger charge is 2.10. The largest absolute Gasteiger partial charge is 0.497 e. The van der Waals surface area contributed by atoms with Crippen LogP contribution >= 0.6 is 24.8 Å². The SMILES string of the molecule is COCCNc1nc(-n2ccnc2)nc2ccc(OC)cc12.Cl.Cl. The number of anilines is 1. The zero-order chi connectivity index (χ0) is 15.4. The summed E-state index contributed by atoms with van der Waals surface area (Å²) in [6, 6.07) is 5.71. The van der Waals surface area contributed by atoms with Gasteiger partial charge in [0.1, 0.15) is 17.9 Å². The molecule has 130 valence electrons. The van der Waals surface area contributed by atoms with Crippen molar-refractivity contribution in [1.29, 1.82) is 0 Å². The molecule has 0 fully saturated rings. The van der Waals surface area contributed by atoms with Crippen LogP contribution in [-0.2, 0) is 4.74 Å². The molecule has 0 saturated heterocycles. The van der Waals surface area contributed by atoms with Crippen LogP contribution in [0.1, 0.15) is 0 Å². The molecule has 0 unspecified atom stereocenters.